The summed E-state index contributed by atoms with van der Waals surface area (Å²) in [5.41, 5.74) is 0. The molecule has 0 aliphatic carbocycles. The fourth-order valence-electron chi connectivity index (χ4n) is 3.47. The van der Waals surface area contributed by atoms with E-state index in [2.05, 4.69) is 14.5 Å². The molecular weight excluding hydrogens is 320 g/mol. The predicted molar refractivity (Wildman–Crippen MR) is 84.2 cm³/mol. The molecule has 2 amide bonds. The maximum absolute atomic E-state index is 12.1. The van der Waals surface area contributed by atoms with Crippen LogP contribution in [0, 0.1) is 0 Å². The van der Waals surface area contributed by atoms with Crippen molar-refractivity contribution in [3.63, 3.8) is 0 Å². The van der Waals surface area contributed by atoms with E-state index in [1.807, 2.05) is 0 Å². The van der Waals surface area contributed by atoms with E-state index >= 15 is 0 Å². The number of hydrogen-bond donors (Lipinski definition) is 1. The van der Waals surface area contributed by atoms with Crippen molar-refractivity contribution in [2.75, 3.05) is 51.6 Å². The van der Waals surface area contributed by atoms with Crippen LogP contribution in [-0.2, 0) is 19.6 Å². The molecule has 0 aromatic carbocycles. The van der Waals surface area contributed by atoms with Crippen molar-refractivity contribution in [1.82, 2.24) is 19.4 Å². The zero-order valence-corrected chi connectivity index (χ0v) is 14.1. The van der Waals surface area contributed by atoms with Crippen molar-refractivity contribution >= 4 is 21.8 Å². The molecule has 0 radical (unpaired) electrons. The highest BCUT2D eigenvalue weighted by Crippen LogP contribution is 2.15. The number of likely N-dealkylation sites (tertiary alicyclic amines) is 1. The molecule has 130 valence electrons. The quantitative estimate of drug-likeness (QED) is 0.587. The third kappa shape index (κ3) is 4.09. The zero-order chi connectivity index (χ0) is 16.4. The molecule has 0 aromatic heterocycles. The molecule has 4 rings (SSSR count). The molecule has 1 atom stereocenters. The maximum atomic E-state index is 12.1. The van der Waals surface area contributed by atoms with Crippen molar-refractivity contribution in [3.05, 3.63) is 0 Å². The number of carbonyl (C=O) groups excluding carboxylic acids is 2. The molecule has 8 nitrogen and oxygen atoms in total. The lowest BCUT2D eigenvalue weighted by atomic mass is 10.1. The monoisotopic (exact) mass is 344 g/mol. The van der Waals surface area contributed by atoms with Gasteiger partial charge >= 0.3 is 0 Å². The first-order valence-electron chi connectivity index (χ1n) is 8.21. The van der Waals surface area contributed by atoms with Gasteiger partial charge in [0.1, 0.15) is 0 Å². The summed E-state index contributed by atoms with van der Waals surface area (Å²) < 4.78 is 26.9. The van der Waals surface area contributed by atoms with Gasteiger partial charge in [-0.05, 0) is 6.42 Å². The molecule has 1 N–H and O–H groups in total. The SMILES string of the molecule is O=C1CCCC(=O)N1CCS(=O)(=O)NCC1CN2CCN1CC2. The Balaban J connectivity index is 1.47. The van der Waals surface area contributed by atoms with Crippen LogP contribution in [0.4, 0.5) is 0 Å². The molecule has 4 saturated heterocycles. The molecule has 9 heteroatoms. The number of hydrogen-bond acceptors (Lipinski definition) is 6. The van der Waals surface area contributed by atoms with Gasteiger partial charge in [-0.1, -0.05) is 0 Å². The highest BCUT2D eigenvalue weighted by Gasteiger charge is 2.32. The molecule has 4 aliphatic heterocycles. The van der Waals surface area contributed by atoms with Gasteiger partial charge in [-0.2, -0.15) is 0 Å². The van der Waals surface area contributed by atoms with Crippen molar-refractivity contribution in [2.45, 2.75) is 25.3 Å². The molecule has 23 heavy (non-hydrogen) atoms. The van der Waals surface area contributed by atoms with E-state index in [4.69, 9.17) is 0 Å². The van der Waals surface area contributed by atoms with Gasteiger partial charge in [-0.15, -0.1) is 0 Å². The number of piperazine rings is 3. The number of piperidine rings is 1. The third-order valence-corrected chi connectivity index (χ3v) is 6.22. The van der Waals surface area contributed by atoms with Crippen LogP contribution in [0.15, 0.2) is 0 Å². The maximum Gasteiger partial charge on any atom is 0.229 e. The van der Waals surface area contributed by atoms with Crippen LogP contribution in [0.1, 0.15) is 19.3 Å². The minimum absolute atomic E-state index is 0.0481. The summed E-state index contributed by atoms with van der Waals surface area (Å²) in [5, 5.41) is 0. The molecule has 4 aliphatic rings. The van der Waals surface area contributed by atoms with Gasteiger partial charge in [0.05, 0.1) is 5.75 Å². The van der Waals surface area contributed by atoms with E-state index < -0.39 is 10.0 Å². The number of amides is 2. The first kappa shape index (κ1) is 16.8. The van der Waals surface area contributed by atoms with E-state index in [9.17, 15) is 18.0 Å². The normalized spacial score (nSPS) is 31.7. The Kier molecular flexibility index (Phi) is 5.00. The lowest BCUT2D eigenvalue weighted by Gasteiger charge is -2.47. The molecule has 0 saturated carbocycles. The number of sulfonamides is 1. The second-order valence-electron chi connectivity index (χ2n) is 6.45. The number of imide groups is 1. The number of rotatable bonds is 6. The minimum atomic E-state index is -3.49. The van der Waals surface area contributed by atoms with E-state index in [-0.39, 0.29) is 30.2 Å². The number of nitrogens with zero attached hydrogens (tertiary/aromatic N) is 3. The Hall–Kier alpha value is -1.03. The fourth-order valence-corrected chi connectivity index (χ4v) is 4.49. The third-order valence-electron chi connectivity index (χ3n) is 4.90. The summed E-state index contributed by atoms with van der Waals surface area (Å²) in [6.07, 6.45) is 1.21. The lowest BCUT2D eigenvalue weighted by molar-refractivity contribution is -0.147. The highest BCUT2D eigenvalue weighted by molar-refractivity contribution is 7.89. The van der Waals surface area contributed by atoms with Gasteiger partial charge in [-0.25, -0.2) is 13.1 Å². The average molecular weight is 344 g/mol. The van der Waals surface area contributed by atoms with Gasteiger partial charge in [0, 0.05) is 64.7 Å². The summed E-state index contributed by atoms with van der Waals surface area (Å²) in [6.45, 7) is 5.33. The minimum Gasteiger partial charge on any atom is -0.299 e. The lowest BCUT2D eigenvalue weighted by Crippen LogP contribution is -2.63. The van der Waals surface area contributed by atoms with Gasteiger partial charge < -0.3 is 0 Å². The van der Waals surface area contributed by atoms with Gasteiger partial charge in [0.25, 0.3) is 0 Å². The summed E-state index contributed by atoms with van der Waals surface area (Å²) in [4.78, 5) is 29.1. The zero-order valence-electron chi connectivity index (χ0n) is 13.2. The number of fused-ring (bicyclic) bond motifs is 3. The van der Waals surface area contributed by atoms with Gasteiger partial charge in [0.15, 0.2) is 0 Å². The Morgan fingerprint density at radius 1 is 1.04 bits per heavy atom. The van der Waals surface area contributed by atoms with Crippen LogP contribution in [0.3, 0.4) is 0 Å². The van der Waals surface area contributed by atoms with Crippen LogP contribution < -0.4 is 4.72 Å². The topological polar surface area (TPSA) is 90.0 Å². The van der Waals surface area contributed by atoms with E-state index in [0.29, 0.717) is 25.8 Å². The van der Waals surface area contributed by atoms with E-state index in [1.165, 1.54) is 0 Å². The van der Waals surface area contributed by atoms with E-state index in [1.54, 1.807) is 0 Å². The molecule has 2 bridgehead atoms. The summed E-state index contributed by atoms with van der Waals surface area (Å²) in [7, 11) is -3.49. The molecule has 4 heterocycles. The standard InChI is InChI=1S/C14H24N4O4S/c19-13-2-1-3-14(20)18(13)8-9-23(21,22)15-10-12-11-16-4-6-17(12)7-5-16/h12,15H,1-11H2. The van der Waals surface area contributed by atoms with Crippen LogP contribution in [0.2, 0.25) is 0 Å². The van der Waals surface area contributed by atoms with Crippen molar-refractivity contribution < 1.29 is 18.0 Å². The molecule has 0 aromatic rings. The second-order valence-corrected chi connectivity index (χ2v) is 8.38. The van der Waals surface area contributed by atoms with Crippen molar-refractivity contribution in [3.8, 4) is 0 Å². The summed E-state index contributed by atoms with van der Waals surface area (Å²) in [5.74, 6) is -0.749. The second kappa shape index (κ2) is 6.84. The molecule has 1 unspecified atom stereocenters. The summed E-state index contributed by atoms with van der Waals surface area (Å²) in [6, 6.07) is 0.213. The first-order chi connectivity index (χ1) is 10.9. The Labute approximate surface area is 136 Å². The van der Waals surface area contributed by atoms with Gasteiger partial charge in [0.2, 0.25) is 21.8 Å². The Bertz CT molecular complexity index is 555. The van der Waals surface area contributed by atoms with Crippen LogP contribution >= 0.6 is 0 Å². The predicted octanol–water partition coefficient (Wildman–Crippen LogP) is -1.56. The van der Waals surface area contributed by atoms with Crippen LogP contribution in [-0.4, -0.2) is 92.5 Å². The Morgan fingerprint density at radius 3 is 2.26 bits per heavy atom. The van der Waals surface area contributed by atoms with Crippen molar-refractivity contribution in [1.29, 1.82) is 0 Å². The first-order valence-corrected chi connectivity index (χ1v) is 9.87. The largest absolute Gasteiger partial charge is 0.299 e. The smallest absolute Gasteiger partial charge is 0.229 e. The van der Waals surface area contributed by atoms with Crippen LogP contribution in [0.25, 0.3) is 0 Å². The summed E-state index contributed by atoms with van der Waals surface area (Å²) >= 11 is 0. The molecular formula is C14H24N4O4S. The van der Waals surface area contributed by atoms with Crippen LogP contribution in [0.5, 0.6) is 0 Å². The number of carbonyl (C=O) groups is 2. The van der Waals surface area contributed by atoms with E-state index in [0.717, 1.165) is 37.6 Å². The molecule has 0 spiro atoms. The number of nitrogens with one attached hydrogen (secondary N) is 1. The van der Waals surface area contributed by atoms with Crippen molar-refractivity contribution in [2.24, 2.45) is 0 Å². The highest BCUT2D eigenvalue weighted by atomic mass is 32.2. The molecule has 4 fully saturated rings. The fraction of sp³-hybridized carbons (Fsp3) is 0.857. The average Bonchev–Trinajstić information content (AvgIpc) is 2.54. The Morgan fingerprint density at radius 2 is 1.70 bits per heavy atom. The van der Waals surface area contributed by atoms with Gasteiger partial charge in [-0.3, -0.25) is 24.3 Å².